The molecule has 2 fully saturated rings. The topological polar surface area (TPSA) is 49.3 Å². The van der Waals surface area contributed by atoms with Gasteiger partial charge in [-0.3, -0.25) is 4.79 Å². The third kappa shape index (κ3) is 5.11. The van der Waals surface area contributed by atoms with Gasteiger partial charge in [0.2, 0.25) is 5.91 Å². The molecule has 2 aromatic rings. The van der Waals surface area contributed by atoms with Crippen LogP contribution < -0.4 is 4.90 Å². The number of carbonyl (C=O) groups excluding carboxylic acids is 1. The number of aromatic nitrogens is 2. The van der Waals surface area contributed by atoms with Crippen molar-refractivity contribution in [1.29, 1.82) is 0 Å². The summed E-state index contributed by atoms with van der Waals surface area (Å²) >= 11 is 0. The Labute approximate surface area is 171 Å². The lowest BCUT2D eigenvalue weighted by Gasteiger charge is -2.35. The number of hydrogen-bond donors (Lipinski definition) is 0. The Hall–Kier alpha value is -2.50. The predicted molar refractivity (Wildman–Crippen MR) is 112 cm³/mol. The predicted octanol–water partition coefficient (Wildman–Crippen LogP) is 4.29. The molecule has 29 heavy (non-hydrogen) atoms. The molecule has 2 aliphatic rings. The van der Waals surface area contributed by atoms with Crippen LogP contribution in [0.25, 0.3) is 11.3 Å². The highest BCUT2D eigenvalue weighted by Crippen LogP contribution is 2.27. The number of anilines is 1. The summed E-state index contributed by atoms with van der Waals surface area (Å²) in [6, 6.07) is 10.1. The first-order valence-electron chi connectivity index (χ1n) is 10.8. The highest BCUT2D eigenvalue weighted by Gasteiger charge is 2.23. The van der Waals surface area contributed by atoms with Gasteiger partial charge < -0.3 is 9.80 Å². The van der Waals surface area contributed by atoms with E-state index in [9.17, 15) is 9.18 Å². The van der Waals surface area contributed by atoms with Crippen LogP contribution in [0.4, 0.5) is 10.2 Å². The maximum Gasteiger partial charge on any atom is 0.222 e. The average Bonchev–Trinajstić information content (AvgIpc) is 2.79. The van der Waals surface area contributed by atoms with Gasteiger partial charge in [0, 0.05) is 38.2 Å². The van der Waals surface area contributed by atoms with E-state index in [2.05, 4.69) is 15.1 Å². The molecule has 0 unspecified atom stereocenters. The van der Waals surface area contributed by atoms with Crippen LogP contribution in [-0.4, -0.2) is 47.2 Å². The van der Waals surface area contributed by atoms with E-state index in [1.165, 1.54) is 44.2 Å². The molecule has 1 saturated carbocycles. The van der Waals surface area contributed by atoms with Crippen LogP contribution in [0.5, 0.6) is 0 Å². The molecule has 2 heterocycles. The van der Waals surface area contributed by atoms with Gasteiger partial charge in [-0.15, -0.1) is 10.2 Å². The molecule has 1 saturated heterocycles. The summed E-state index contributed by atoms with van der Waals surface area (Å²) in [5, 5.41) is 8.64. The number of piperazine rings is 1. The second-order valence-electron chi connectivity index (χ2n) is 8.19. The molecule has 0 spiro atoms. The van der Waals surface area contributed by atoms with Crippen LogP contribution in [0.1, 0.15) is 44.9 Å². The van der Waals surface area contributed by atoms with E-state index in [4.69, 9.17) is 0 Å². The van der Waals surface area contributed by atoms with Crippen molar-refractivity contribution in [3.63, 3.8) is 0 Å². The highest BCUT2D eigenvalue weighted by molar-refractivity contribution is 5.76. The lowest BCUT2D eigenvalue weighted by atomic mass is 9.86. The summed E-state index contributed by atoms with van der Waals surface area (Å²) in [7, 11) is 0. The zero-order valence-corrected chi connectivity index (χ0v) is 16.9. The minimum atomic E-state index is -0.260. The average molecular weight is 397 g/mol. The number of benzene rings is 1. The van der Waals surface area contributed by atoms with Crippen molar-refractivity contribution in [1.82, 2.24) is 15.1 Å². The largest absolute Gasteiger partial charge is 0.352 e. The Morgan fingerprint density at radius 3 is 2.31 bits per heavy atom. The summed E-state index contributed by atoms with van der Waals surface area (Å²) in [5.74, 6) is 1.62. The highest BCUT2D eigenvalue weighted by atomic mass is 19.1. The van der Waals surface area contributed by atoms with Crippen LogP contribution in [-0.2, 0) is 4.79 Å². The zero-order valence-electron chi connectivity index (χ0n) is 16.9. The van der Waals surface area contributed by atoms with E-state index in [1.807, 2.05) is 17.0 Å². The molecule has 4 rings (SSSR count). The van der Waals surface area contributed by atoms with Crippen LogP contribution in [0.3, 0.4) is 0 Å². The van der Waals surface area contributed by atoms with Gasteiger partial charge in [0.25, 0.3) is 0 Å². The molecule has 0 radical (unpaired) electrons. The lowest BCUT2D eigenvalue weighted by molar-refractivity contribution is -0.131. The maximum atomic E-state index is 13.1. The third-order valence-electron chi connectivity index (χ3n) is 6.24. The van der Waals surface area contributed by atoms with Gasteiger partial charge >= 0.3 is 0 Å². The number of hydrogen-bond acceptors (Lipinski definition) is 4. The van der Waals surface area contributed by atoms with Gasteiger partial charge in [-0.2, -0.15) is 0 Å². The fourth-order valence-corrected chi connectivity index (χ4v) is 4.41. The second-order valence-corrected chi connectivity index (χ2v) is 8.19. The number of rotatable bonds is 5. The van der Waals surface area contributed by atoms with Gasteiger partial charge in [-0.25, -0.2) is 4.39 Å². The van der Waals surface area contributed by atoms with Crippen molar-refractivity contribution in [3.05, 3.63) is 42.2 Å². The molecule has 1 aromatic carbocycles. The van der Waals surface area contributed by atoms with E-state index in [0.29, 0.717) is 12.3 Å². The molecular formula is C23H29FN4O. The summed E-state index contributed by atoms with van der Waals surface area (Å²) in [4.78, 5) is 16.7. The summed E-state index contributed by atoms with van der Waals surface area (Å²) in [6.45, 7) is 3.04. The summed E-state index contributed by atoms with van der Waals surface area (Å²) < 4.78 is 13.1. The van der Waals surface area contributed by atoms with E-state index in [-0.39, 0.29) is 5.82 Å². The van der Waals surface area contributed by atoms with Crippen molar-refractivity contribution in [3.8, 4) is 11.3 Å². The van der Waals surface area contributed by atoms with E-state index in [0.717, 1.165) is 55.6 Å². The Balaban J connectivity index is 1.26. The fraction of sp³-hybridized carbons (Fsp3) is 0.522. The minimum absolute atomic E-state index is 0.260. The van der Waals surface area contributed by atoms with Gasteiger partial charge in [0.15, 0.2) is 5.82 Å². The zero-order chi connectivity index (χ0) is 20.1. The summed E-state index contributed by atoms with van der Waals surface area (Å²) in [6.07, 6.45) is 8.37. The van der Waals surface area contributed by atoms with Crippen LogP contribution in [0.15, 0.2) is 36.4 Å². The standard InChI is InChI=1S/C23H29FN4O/c24-20-9-7-19(8-10-20)21-11-12-22(26-25-21)27-14-16-28(17-15-27)23(29)13-6-18-4-2-1-3-5-18/h7-12,18H,1-6,13-17H2. The molecule has 1 aliphatic heterocycles. The van der Waals surface area contributed by atoms with Crippen molar-refractivity contribution < 1.29 is 9.18 Å². The van der Waals surface area contributed by atoms with Crippen molar-refractivity contribution >= 4 is 11.7 Å². The monoisotopic (exact) mass is 396 g/mol. The van der Waals surface area contributed by atoms with Crippen LogP contribution >= 0.6 is 0 Å². The minimum Gasteiger partial charge on any atom is -0.352 e. The molecular weight excluding hydrogens is 367 g/mol. The molecule has 1 aliphatic carbocycles. The first-order valence-corrected chi connectivity index (χ1v) is 10.8. The summed E-state index contributed by atoms with van der Waals surface area (Å²) in [5.41, 5.74) is 1.57. The third-order valence-corrected chi connectivity index (χ3v) is 6.24. The molecule has 154 valence electrons. The van der Waals surface area contributed by atoms with E-state index >= 15 is 0 Å². The molecule has 0 atom stereocenters. The van der Waals surface area contributed by atoms with Crippen LogP contribution in [0, 0.1) is 11.7 Å². The molecule has 1 aromatic heterocycles. The number of carbonyl (C=O) groups is 1. The Morgan fingerprint density at radius 1 is 0.931 bits per heavy atom. The van der Waals surface area contributed by atoms with Gasteiger partial charge in [0.05, 0.1) is 5.69 Å². The fourth-order valence-electron chi connectivity index (χ4n) is 4.41. The van der Waals surface area contributed by atoms with Gasteiger partial charge in [-0.1, -0.05) is 32.1 Å². The molecule has 6 heteroatoms. The Bertz CT molecular complexity index is 795. The van der Waals surface area contributed by atoms with Crippen molar-refractivity contribution in [2.45, 2.75) is 44.9 Å². The number of amides is 1. The smallest absolute Gasteiger partial charge is 0.222 e. The van der Waals surface area contributed by atoms with Crippen molar-refractivity contribution in [2.24, 2.45) is 5.92 Å². The quantitative estimate of drug-likeness (QED) is 0.756. The molecule has 0 N–H and O–H groups in total. The molecule has 1 amide bonds. The van der Waals surface area contributed by atoms with E-state index < -0.39 is 0 Å². The first kappa shape index (κ1) is 19.8. The van der Waals surface area contributed by atoms with E-state index in [1.54, 1.807) is 12.1 Å². The maximum absolute atomic E-state index is 13.1. The van der Waals surface area contributed by atoms with Crippen LogP contribution in [0.2, 0.25) is 0 Å². The SMILES string of the molecule is O=C(CCC1CCCCC1)N1CCN(c2ccc(-c3ccc(F)cc3)nn2)CC1. The lowest BCUT2D eigenvalue weighted by Crippen LogP contribution is -2.49. The first-order chi connectivity index (χ1) is 14.2. The normalized spacial score (nSPS) is 18.1. The van der Waals surface area contributed by atoms with Gasteiger partial charge in [-0.05, 0) is 48.7 Å². The Kier molecular flexibility index (Phi) is 6.37. The molecule has 0 bridgehead atoms. The Morgan fingerprint density at radius 2 is 1.66 bits per heavy atom. The van der Waals surface area contributed by atoms with Crippen molar-refractivity contribution in [2.75, 3.05) is 31.1 Å². The molecule has 5 nitrogen and oxygen atoms in total. The second kappa shape index (κ2) is 9.33. The van der Waals surface area contributed by atoms with Gasteiger partial charge in [0.1, 0.15) is 5.82 Å². The number of nitrogens with zero attached hydrogens (tertiary/aromatic N) is 4. The number of halogens is 1.